The van der Waals surface area contributed by atoms with Gasteiger partial charge in [0.25, 0.3) is 0 Å². The summed E-state index contributed by atoms with van der Waals surface area (Å²) in [6.07, 6.45) is 3.01. The van der Waals surface area contributed by atoms with Gasteiger partial charge in [0.1, 0.15) is 0 Å². The Hall–Kier alpha value is -3.25. The molecule has 12 nitrogen and oxygen atoms in total. The van der Waals surface area contributed by atoms with Crippen molar-refractivity contribution in [1.29, 1.82) is 0 Å². The number of hydrogen-bond acceptors (Lipinski definition) is 8. The number of urea groups is 1. The number of methoxy groups -OCH3 is 1. The third-order valence-corrected chi connectivity index (χ3v) is 8.24. The van der Waals surface area contributed by atoms with Gasteiger partial charge in [0.2, 0.25) is 18.4 Å². The van der Waals surface area contributed by atoms with E-state index in [-0.39, 0.29) is 25.3 Å². The second-order valence-electron chi connectivity index (χ2n) is 10.8. The smallest absolute Gasteiger partial charge is 0.319 e. The SMILES string of the molecule is CCCCN(CCCN)C(=O)CN1C[C@H](c2cc(OC)c3c(c2)OCO3)C(C(=O)O)[C@@H]1CCN1CCN(C)C1=O. The second-order valence-corrected chi connectivity index (χ2v) is 10.8. The first kappa shape index (κ1) is 29.7. The van der Waals surface area contributed by atoms with E-state index in [2.05, 4.69) is 6.92 Å². The number of aliphatic carboxylic acids is 1. The number of rotatable bonds is 14. The number of carbonyl (C=O) groups excluding carboxylic acids is 2. The average molecular weight is 562 g/mol. The molecule has 1 aromatic carbocycles. The molecule has 0 aliphatic carbocycles. The monoisotopic (exact) mass is 561 g/mol. The molecule has 2 fully saturated rings. The number of ether oxygens (including phenoxy) is 3. The molecule has 3 aliphatic heterocycles. The summed E-state index contributed by atoms with van der Waals surface area (Å²) in [5.74, 6) is -0.663. The minimum absolute atomic E-state index is 0.0306. The molecule has 3 amide bonds. The van der Waals surface area contributed by atoms with Crippen LogP contribution in [0.3, 0.4) is 0 Å². The third-order valence-electron chi connectivity index (χ3n) is 8.24. The standard InChI is InChI=1S/C28H43N5O7/c1-4-5-9-31(10-6-8-29)24(34)17-33-16-20(19-14-22(38-3)26-23(15-19)39-18-40-26)25(27(35)36)21(33)7-11-32-13-12-30(2)28(32)37/h14-15,20-21,25H,4-13,16-18,29H2,1-3H3,(H,35,36)/t20-,21+,25?/m1/s1. The van der Waals surface area contributed by atoms with Crippen LogP contribution in [0.4, 0.5) is 4.79 Å². The summed E-state index contributed by atoms with van der Waals surface area (Å²) in [6.45, 7) is 6.02. The fourth-order valence-corrected chi connectivity index (χ4v) is 6.02. The van der Waals surface area contributed by atoms with Crippen LogP contribution in [0.25, 0.3) is 0 Å². The van der Waals surface area contributed by atoms with Crippen molar-refractivity contribution in [3.63, 3.8) is 0 Å². The molecule has 3 N–H and O–H groups in total. The lowest BCUT2D eigenvalue weighted by molar-refractivity contribution is -0.144. The van der Waals surface area contributed by atoms with Gasteiger partial charge in [-0.2, -0.15) is 0 Å². The lowest BCUT2D eigenvalue weighted by Gasteiger charge is -2.30. The fourth-order valence-electron chi connectivity index (χ4n) is 6.02. The van der Waals surface area contributed by atoms with Crippen LogP contribution in [0.1, 0.15) is 44.1 Å². The molecule has 12 heteroatoms. The van der Waals surface area contributed by atoms with Crippen LogP contribution in [0, 0.1) is 5.92 Å². The average Bonchev–Trinajstić information content (AvgIpc) is 3.64. The third kappa shape index (κ3) is 6.38. The van der Waals surface area contributed by atoms with E-state index in [4.69, 9.17) is 19.9 Å². The number of nitrogens with zero attached hydrogens (tertiary/aromatic N) is 4. The van der Waals surface area contributed by atoms with Crippen molar-refractivity contribution in [2.45, 2.75) is 44.6 Å². The van der Waals surface area contributed by atoms with Crippen LogP contribution in [0.15, 0.2) is 12.1 Å². The van der Waals surface area contributed by atoms with Gasteiger partial charge in [0.15, 0.2) is 11.5 Å². The number of carbonyl (C=O) groups is 3. The maximum Gasteiger partial charge on any atom is 0.319 e. The summed E-state index contributed by atoms with van der Waals surface area (Å²) in [5.41, 5.74) is 6.49. The molecule has 0 saturated carbocycles. The number of benzene rings is 1. The van der Waals surface area contributed by atoms with Crippen LogP contribution < -0.4 is 19.9 Å². The van der Waals surface area contributed by atoms with E-state index in [1.807, 2.05) is 21.9 Å². The molecule has 4 rings (SSSR count). The molecule has 1 unspecified atom stereocenters. The van der Waals surface area contributed by atoms with Gasteiger partial charge in [0.05, 0.1) is 19.6 Å². The Labute approximate surface area is 235 Å². The summed E-state index contributed by atoms with van der Waals surface area (Å²) in [7, 11) is 3.30. The number of likely N-dealkylation sites (N-methyl/N-ethyl adjacent to an activating group) is 1. The second kappa shape index (κ2) is 13.4. The number of carboxylic acid groups (broad SMARTS) is 1. The first-order valence-corrected chi connectivity index (χ1v) is 14.2. The Morgan fingerprint density at radius 3 is 2.62 bits per heavy atom. The predicted octanol–water partition coefficient (Wildman–Crippen LogP) is 1.63. The highest BCUT2D eigenvalue weighted by molar-refractivity contribution is 5.79. The Balaban J connectivity index is 1.62. The highest BCUT2D eigenvalue weighted by atomic mass is 16.7. The summed E-state index contributed by atoms with van der Waals surface area (Å²) in [4.78, 5) is 46.2. The maximum atomic E-state index is 13.6. The summed E-state index contributed by atoms with van der Waals surface area (Å²) >= 11 is 0. The molecule has 0 spiro atoms. The van der Waals surface area contributed by atoms with Crippen molar-refractivity contribution in [1.82, 2.24) is 19.6 Å². The predicted molar refractivity (Wildman–Crippen MR) is 148 cm³/mol. The van der Waals surface area contributed by atoms with Gasteiger partial charge in [0, 0.05) is 58.3 Å². The maximum absolute atomic E-state index is 13.6. The topological polar surface area (TPSA) is 138 Å². The van der Waals surface area contributed by atoms with Crippen LogP contribution in [-0.4, -0.2) is 122 Å². The van der Waals surface area contributed by atoms with Gasteiger partial charge < -0.3 is 39.8 Å². The van der Waals surface area contributed by atoms with Crippen molar-refractivity contribution >= 4 is 17.9 Å². The molecule has 2 saturated heterocycles. The number of hydrogen-bond donors (Lipinski definition) is 2. The quantitative estimate of drug-likeness (QED) is 0.347. The molecule has 3 heterocycles. The summed E-state index contributed by atoms with van der Waals surface area (Å²) in [5, 5.41) is 10.5. The number of unbranched alkanes of at least 4 members (excludes halogenated alkanes) is 1. The highest BCUT2D eigenvalue weighted by Crippen LogP contribution is 2.47. The van der Waals surface area contributed by atoms with Crippen LogP contribution in [0.5, 0.6) is 17.2 Å². The van der Waals surface area contributed by atoms with E-state index in [1.54, 1.807) is 16.8 Å². The molecule has 3 atom stereocenters. The molecule has 0 radical (unpaired) electrons. The molecule has 1 aromatic rings. The normalized spacial score (nSPS) is 22.3. The number of amides is 3. The number of likely N-dealkylation sites (tertiary alicyclic amines) is 1. The molecule has 3 aliphatic rings. The van der Waals surface area contributed by atoms with E-state index in [9.17, 15) is 19.5 Å². The van der Waals surface area contributed by atoms with Crippen molar-refractivity contribution in [3.05, 3.63) is 17.7 Å². The van der Waals surface area contributed by atoms with Gasteiger partial charge in [-0.3, -0.25) is 14.5 Å². The van der Waals surface area contributed by atoms with Gasteiger partial charge in [-0.25, -0.2) is 4.79 Å². The zero-order chi connectivity index (χ0) is 28.8. The Morgan fingerprint density at radius 1 is 1.20 bits per heavy atom. The van der Waals surface area contributed by atoms with Crippen molar-refractivity contribution in [2.75, 3.05) is 73.3 Å². The van der Waals surface area contributed by atoms with E-state index < -0.39 is 23.8 Å². The van der Waals surface area contributed by atoms with Crippen molar-refractivity contribution < 1.29 is 33.7 Å². The van der Waals surface area contributed by atoms with E-state index in [0.717, 1.165) is 18.4 Å². The number of fused-ring (bicyclic) bond motifs is 1. The molecular formula is C28H43N5O7. The summed E-state index contributed by atoms with van der Waals surface area (Å²) in [6, 6.07) is 3.13. The lowest BCUT2D eigenvalue weighted by atomic mass is 9.84. The number of nitrogens with two attached hydrogens (primary N) is 1. The van der Waals surface area contributed by atoms with Crippen LogP contribution in [0.2, 0.25) is 0 Å². The molecule has 222 valence electrons. The summed E-state index contributed by atoms with van der Waals surface area (Å²) < 4.78 is 16.7. The van der Waals surface area contributed by atoms with Gasteiger partial charge in [-0.1, -0.05) is 13.3 Å². The van der Waals surface area contributed by atoms with Crippen molar-refractivity contribution in [2.24, 2.45) is 11.7 Å². The molecule has 40 heavy (non-hydrogen) atoms. The van der Waals surface area contributed by atoms with Crippen molar-refractivity contribution in [3.8, 4) is 17.2 Å². The zero-order valence-corrected chi connectivity index (χ0v) is 23.8. The van der Waals surface area contributed by atoms with Crippen LogP contribution in [-0.2, 0) is 9.59 Å². The Kier molecular flexibility index (Phi) is 9.96. The van der Waals surface area contributed by atoms with Gasteiger partial charge in [-0.05, 0) is 43.5 Å². The first-order chi connectivity index (χ1) is 19.3. The van der Waals surface area contributed by atoms with Crippen LogP contribution >= 0.6 is 0 Å². The van der Waals surface area contributed by atoms with Gasteiger partial charge >= 0.3 is 12.0 Å². The van der Waals surface area contributed by atoms with E-state index in [1.165, 1.54) is 7.11 Å². The molecular weight excluding hydrogens is 518 g/mol. The lowest BCUT2D eigenvalue weighted by Crippen LogP contribution is -2.46. The largest absolute Gasteiger partial charge is 0.493 e. The molecule has 0 bridgehead atoms. The Morgan fingerprint density at radius 2 is 1.98 bits per heavy atom. The highest BCUT2D eigenvalue weighted by Gasteiger charge is 2.48. The minimum atomic E-state index is -0.933. The van der Waals surface area contributed by atoms with Gasteiger partial charge in [-0.15, -0.1) is 0 Å². The fraction of sp³-hybridized carbons (Fsp3) is 0.679. The zero-order valence-electron chi connectivity index (χ0n) is 23.8. The van der Waals surface area contributed by atoms with E-state index in [0.29, 0.717) is 75.9 Å². The Bertz CT molecular complexity index is 1060. The first-order valence-electron chi connectivity index (χ1n) is 14.2. The molecule has 0 aromatic heterocycles. The number of carboxylic acids is 1. The van der Waals surface area contributed by atoms with E-state index >= 15 is 0 Å². The minimum Gasteiger partial charge on any atom is -0.493 e.